The van der Waals surface area contributed by atoms with E-state index in [2.05, 4.69) is 58.9 Å². The molecule has 116 valence electrons. The molecule has 1 aromatic rings. The second-order valence-electron chi connectivity index (χ2n) is 6.70. The second-order valence-corrected chi connectivity index (χ2v) is 8.92. The van der Waals surface area contributed by atoms with Gasteiger partial charge in [0.05, 0.1) is 0 Å². The summed E-state index contributed by atoms with van der Waals surface area (Å²) < 4.78 is 0. The number of aryl methyl sites for hydroxylation is 1. The van der Waals surface area contributed by atoms with Gasteiger partial charge in [0.25, 0.3) is 0 Å². The Morgan fingerprint density at radius 1 is 1.19 bits per heavy atom. The molecule has 0 N–H and O–H groups in total. The largest absolute Gasteiger partial charge is 0.145 e. The van der Waals surface area contributed by atoms with Crippen LogP contribution in [0.5, 0.6) is 0 Å². The third-order valence-corrected chi connectivity index (χ3v) is 7.13. The smallest absolute Gasteiger partial charge is 0.0210 e. The van der Waals surface area contributed by atoms with Crippen LogP contribution < -0.4 is 0 Å². The third-order valence-electron chi connectivity index (χ3n) is 4.27. The third kappa shape index (κ3) is 4.04. The lowest BCUT2D eigenvalue weighted by Crippen LogP contribution is -2.21. The number of rotatable bonds is 6. The molecule has 0 fully saturated rings. The Balaban J connectivity index is 2.16. The van der Waals surface area contributed by atoms with Crippen molar-refractivity contribution in [1.29, 1.82) is 0 Å². The molecule has 2 heteroatoms. The van der Waals surface area contributed by atoms with Crippen molar-refractivity contribution in [1.82, 2.24) is 0 Å². The maximum absolute atomic E-state index is 2.38. The van der Waals surface area contributed by atoms with Crippen molar-refractivity contribution in [3.8, 4) is 0 Å². The molecule has 0 saturated heterocycles. The minimum atomic E-state index is 0.168. The molecule has 21 heavy (non-hydrogen) atoms. The van der Waals surface area contributed by atoms with E-state index in [0.29, 0.717) is 5.92 Å². The molecule has 1 aliphatic rings. The van der Waals surface area contributed by atoms with Crippen LogP contribution in [0, 0.1) is 5.92 Å². The topological polar surface area (TPSA) is 0 Å². The second kappa shape index (κ2) is 7.19. The monoisotopic (exact) mass is 320 g/mol. The Kier molecular flexibility index (Phi) is 5.79. The lowest BCUT2D eigenvalue weighted by atomic mass is 9.83. The Hall–Kier alpha value is -0.470. The van der Waals surface area contributed by atoms with E-state index < -0.39 is 0 Å². The Morgan fingerprint density at radius 2 is 1.95 bits per heavy atom. The van der Waals surface area contributed by atoms with Crippen molar-refractivity contribution in [3.63, 3.8) is 0 Å². The van der Waals surface area contributed by atoms with Gasteiger partial charge in [-0.3, -0.25) is 0 Å². The summed E-state index contributed by atoms with van der Waals surface area (Å²) in [5, 5.41) is 0. The van der Waals surface area contributed by atoms with Crippen LogP contribution in [0.25, 0.3) is 0 Å². The van der Waals surface area contributed by atoms with E-state index in [0.717, 1.165) is 5.75 Å². The van der Waals surface area contributed by atoms with Gasteiger partial charge in [0, 0.05) is 20.9 Å². The first kappa shape index (κ1) is 16.9. The first-order valence-electron chi connectivity index (χ1n) is 8.08. The van der Waals surface area contributed by atoms with Gasteiger partial charge in [-0.1, -0.05) is 53.2 Å². The molecule has 1 aromatic heterocycles. The van der Waals surface area contributed by atoms with Crippen LogP contribution in [0.4, 0.5) is 0 Å². The van der Waals surface area contributed by atoms with Gasteiger partial charge in [-0.05, 0) is 41.4 Å². The van der Waals surface area contributed by atoms with Crippen LogP contribution in [-0.2, 0) is 11.8 Å². The average Bonchev–Trinajstić information content (AvgIpc) is 2.94. The number of unbranched alkanes of at least 4 members (excludes halogenated alkanes) is 1. The van der Waals surface area contributed by atoms with Gasteiger partial charge in [-0.2, -0.15) is 0 Å². The van der Waals surface area contributed by atoms with E-state index in [9.17, 15) is 0 Å². The first-order chi connectivity index (χ1) is 9.95. The van der Waals surface area contributed by atoms with Gasteiger partial charge in [-0.15, -0.1) is 23.1 Å². The van der Waals surface area contributed by atoms with Crippen molar-refractivity contribution >= 4 is 23.1 Å². The van der Waals surface area contributed by atoms with E-state index in [1.54, 1.807) is 10.5 Å². The molecule has 0 bridgehead atoms. The lowest BCUT2D eigenvalue weighted by molar-refractivity contribution is 0.639. The number of hydrogen-bond donors (Lipinski definition) is 0. The molecule has 0 nitrogen and oxygen atoms in total. The van der Waals surface area contributed by atoms with Gasteiger partial charge < -0.3 is 0 Å². The van der Waals surface area contributed by atoms with Crippen LogP contribution >= 0.6 is 23.1 Å². The molecular weight excluding hydrogens is 292 g/mol. The quantitative estimate of drug-likeness (QED) is 0.570. The normalized spacial score (nSPS) is 16.1. The van der Waals surface area contributed by atoms with Crippen LogP contribution in [0.3, 0.4) is 0 Å². The fourth-order valence-electron chi connectivity index (χ4n) is 2.55. The molecule has 1 aliphatic heterocycles. The van der Waals surface area contributed by atoms with Gasteiger partial charge in [0.15, 0.2) is 0 Å². The summed E-state index contributed by atoms with van der Waals surface area (Å²) >= 11 is 4.03. The highest BCUT2D eigenvalue weighted by molar-refractivity contribution is 8.03. The highest BCUT2D eigenvalue weighted by Gasteiger charge is 2.28. The van der Waals surface area contributed by atoms with Crippen LogP contribution in [0.2, 0.25) is 0 Å². The maximum atomic E-state index is 2.38. The number of hydrogen-bond acceptors (Lipinski definition) is 2. The molecular formula is C19H28S2. The summed E-state index contributed by atoms with van der Waals surface area (Å²) in [5.74, 6) is 1.79. The zero-order valence-electron chi connectivity index (χ0n) is 14.0. The van der Waals surface area contributed by atoms with Gasteiger partial charge in [-0.25, -0.2) is 0 Å². The van der Waals surface area contributed by atoms with E-state index >= 15 is 0 Å². The van der Waals surface area contributed by atoms with Crippen LogP contribution in [0.1, 0.15) is 57.2 Å². The predicted molar refractivity (Wildman–Crippen MR) is 99.4 cm³/mol. The molecule has 0 unspecified atom stereocenters. The molecule has 0 atom stereocenters. The number of thioether (sulfide) groups is 1. The van der Waals surface area contributed by atoms with Gasteiger partial charge in [0.1, 0.15) is 0 Å². The summed E-state index contributed by atoms with van der Waals surface area (Å²) in [7, 11) is 0. The maximum Gasteiger partial charge on any atom is 0.0210 e. The highest BCUT2D eigenvalue weighted by Crippen LogP contribution is 2.41. The van der Waals surface area contributed by atoms with Crippen LogP contribution in [-0.4, -0.2) is 5.75 Å². The van der Waals surface area contributed by atoms with Crippen molar-refractivity contribution in [2.45, 2.75) is 59.3 Å². The van der Waals surface area contributed by atoms with Crippen LogP contribution in [0.15, 0.2) is 34.8 Å². The molecule has 0 aliphatic carbocycles. The lowest BCUT2D eigenvalue weighted by Gasteiger charge is -2.29. The first-order valence-corrected chi connectivity index (χ1v) is 9.88. The zero-order valence-corrected chi connectivity index (χ0v) is 15.7. The van der Waals surface area contributed by atoms with Crippen molar-refractivity contribution in [3.05, 3.63) is 44.5 Å². The van der Waals surface area contributed by atoms with E-state index in [1.165, 1.54) is 29.0 Å². The Bertz CT molecular complexity index is 530. The fourth-order valence-corrected chi connectivity index (χ4v) is 5.01. The minimum absolute atomic E-state index is 0.168. The Labute approximate surface area is 138 Å². The van der Waals surface area contributed by atoms with Gasteiger partial charge >= 0.3 is 0 Å². The predicted octanol–water partition coefficient (Wildman–Crippen LogP) is 6.58. The summed E-state index contributed by atoms with van der Waals surface area (Å²) in [5.41, 5.74) is 1.72. The molecule has 0 saturated carbocycles. The average molecular weight is 321 g/mol. The van der Waals surface area contributed by atoms with E-state index in [-0.39, 0.29) is 5.41 Å². The molecule has 0 amide bonds. The highest BCUT2D eigenvalue weighted by atomic mass is 32.2. The molecule has 0 spiro atoms. The molecule has 0 radical (unpaired) electrons. The molecule has 0 aromatic carbocycles. The minimum Gasteiger partial charge on any atom is -0.145 e. The number of allylic oxidation sites excluding steroid dienone is 3. The zero-order chi connectivity index (χ0) is 15.5. The summed E-state index contributed by atoms with van der Waals surface area (Å²) in [6.45, 7) is 11.6. The molecule has 2 heterocycles. The van der Waals surface area contributed by atoms with Crippen molar-refractivity contribution in [2.24, 2.45) is 5.92 Å². The Morgan fingerprint density at radius 3 is 2.52 bits per heavy atom. The molecule has 2 rings (SSSR count). The van der Waals surface area contributed by atoms with Crippen molar-refractivity contribution in [2.75, 3.05) is 5.75 Å². The fraction of sp³-hybridized carbons (Fsp3) is 0.579. The van der Waals surface area contributed by atoms with Crippen molar-refractivity contribution < 1.29 is 0 Å². The van der Waals surface area contributed by atoms with E-state index in [1.807, 2.05) is 23.1 Å². The number of thiophene rings is 1. The summed E-state index contributed by atoms with van der Waals surface area (Å²) in [6.07, 6.45) is 8.53. The summed E-state index contributed by atoms with van der Waals surface area (Å²) in [4.78, 5) is 4.58. The van der Waals surface area contributed by atoms with Gasteiger partial charge in [0.2, 0.25) is 0 Å². The van der Waals surface area contributed by atoms with E-state index in [4.69, 9.17) is 0 Å². The summed E-state index contributed by atoms with van der Waals surface area (Å²) in [6, 6.07) is 4.69. The SMILES string of the molecule is CCCCc1ccc(C(C)(C)C2=CC=C(C(C)C)SC2)s1. The standard InChI is InChI=1S/C19H28S2/c1-6-7-8-16-10-12-18(21-16)19(4,5)15-9-11-17(14(2)3)20-13-15/h9-12,14H,6-8,13H2,1-5H3.